The topological polar surface area (TPSA) is 74.6 Å². The zero-order chi connectivity index (χ0) is 7.72. The van der Waals surface area contributed by atoms with Crippen molar-refractivity contribution in [1.82, 2.24) is 0 Å². The van der Waals surface area contributed by atoms with Crippen LogP contribution in [0.25, 0.3) is 0 Å². The van der Waals surface area contributed by atoms with E-state index < -0.39 is 23.1 Å². The van der Waals surface area contributed by atoms with Gasteiger partial charge in [-0.25, -0.2) is 0 Å². The summed E-state index contributed by atoms with van der Waals surface area (Å²) < 4.78 is 0. The first-order valence-electron chi connectivity index (χ1n) is 2.51. The summed E-state index contributed by atoms with van der Waals surface area (Å²) in [6.45, 7) is 0. The first kappa shape index (κ1) is 11.1. The molecule has 0 bridgehead atoms. The summed E-state index contributed by atoms with van der Waals surface area (Å²) >= 11 is 0. The minimum Gasteiger partial charge on any atom is -1.00 e. The Hall–Kier alpha value is 0.0564. The molecule has 0 aromatic heterocycles. The third kappa shape index (κ3) is 2.53. The molecule has 0 fully saturated rings. The van der Waals surface area contributed by atoms with Crippen molar-refractivity contribution in [3.8, 4) is 0 Å². The van der Waals surface area contributed by atoms with Gasteiger partial charge in [0.25, 0.3) is 0 Å². The van der Waals surface area contributed by atoms with Crippen molar-refractivity contribution >= 4 is 11.6 Å². The molecule has 1 aliphatic rings. The number of rotatable bonds is 0. The van der Waals surface area contributed by atoms with Crippen LogP contribution in [0.5, 0.6) is 0 Å². The van der Waals surface area contributed by atoms with Gasteiger partial charge in [-0.1, -0.05) is 0 Å². The number of aliphatic hydroxyl groups excluding tert-OH is 2. The molecule has 0 saturated carbocycles. The van der Waals surface area contributed by atoms with Crippen molar-refractivity contribution in [2.24, 2.45) is 0 Å². The number of aliphatic hydroxyl groups is 2. The largest absolute Gasteiger partial charge is 1.00 e. The van der Waals surface area contributed by atoms with E-state index in [1.54, 1.807) is 0 Å². The number of hydrogen-bond acceptors (Lipinski definition) is 4. The first-order valence-corrected chi connectivity index (χ1v) is 2.51. The van der Waals surface area contributed by atoms with E-state index in [2.05, 4.69) is 0 Å². The predicted molar refractivity (Wildman–Crippen MR) is 32.5 cm³/mol. The minimum atomic E-state index is -0.753. The fourth-order valence-electron chi connectivity index (χ4n) is 0.538. The summed E-state index contributed by atoms with van der Waals surface area (Å²) in [5.41, 5.74) is 0. The molecule has 0 atom stereocenters. The number of carbonyl (C=O) groups excluding carboxylic acids is 2. The fourth-order valence-corrected chi connectivity index (χ4v) is 0.538. The standard InChI is InChI=1S/C6H4O4.K.H/c7-3-1-4(8)6(10)2-5(3)9;;/h1-2,7,10H;;/q;+1;-1. The molecule has 0 aromatic carbocycles. The van der Waals surface area contributed by atoms with E-state index >= 15 is 0 Å². The second kappa shape index (κ2) is 4.17. The molecule has 0 aromatic rings. The van der Waals surface area contributed by atoms with Gasteiger partial charge in [-0.05, 0) is 0 Å². The van der Waals surface area contributed by atoms with E-state index in [1.807, 2.05) is 0 Å². The average Bonchev–Trinajstić information content (AvgIpc) is 1.84. The van der Waals surface area contributed by atoms with Gasteiger partial charge in [-0.3, -0.25) is 9.59 Å². The third-order valence-electron chi connectivity index (χ3n) is 1.04. The van der Waals surface area contributed by atoms with E-state index in [-0.39, 0.29) is 52.8 Å². The Kier molecular flexibility index (Phi) is 4.20. The maximum absolute atomic E-state index is 10.4. The van der Waals surface area contributed by atoms with Crippen molar-refractivity contribution in [2.45, 2.75) is 0 Å². The van der Waals surface area contributed by atoms with Crippen molar-refractivity contribution in [3.05, 3.63) is 23.7 Å². The summed E-state index contributed by atoms with van der Waals surface area (Å²) in [6, 6.07) is 0. The Morgan fingerprint density at radius 3 is 1.55 bits per heavy atom. The molecule has 4 nitrogen and oxygen atoms in total. The Morgan fingerprint density at radius 1 is 1.00 bits per heavy atom. The van der Waals surface area contributed by atoms with Gasteiger partial charge in [0.05, 0.1) is 0 Å². The van der Waals surface area contributed by atoms with Crippen molar-refractivity contribution in [1.29, 1.82) is 0 Å². The molecule has 54 valence electrons. The molecule has 0 unspecified atom stereocenters. The summed E-state index contributed by atoms with van der Waals surface area (Å²) in [5.74, 6) is -2.78. The van der Waals surface area contributed by atoms with Crippen LogP contribution in [0.1, 0.15) is 1.43 Å². The van der Waals surface area contributed by atoms with Gasteiger partial charge in [-0.15, -0.1) is 0 Å². The van der Waals surface area contributed by atoms with Crippen LogP contribution >= 0.6 is 0 Å². The molecule has 0 amide bonds. The normalized spacial score (nSPS) is 16.7. The molecule has 0 heterocycles. The summed E-state index contributed by atoms with van der Waals surface area (Å²) in [7, 11) is 0. The zero-order valence-corrected chi connectivity index (χ0v) is 8.99. The van der Waals surface area contributed by atoms with Crippen LogP contribution in [0.2, 0.25) is 0 Å². The molecule has 1 rings (SSSR count). The Morgan fingerprint density at radius 2 is 1.27 bits per heavy atom. The second-order valence-corrected chi connectivity index (χ2v) is 1.79. The molecule has 0 aliphatic heterocycles. The zero-order valence-electron chi connectivity index (χ0n) is 6.87. The Labute approximate surface area is 106 Å². The smallest absolute Gasteiger partial charge is 1.00 e. The first-order chi connectivity index (χ1) is 4.61. The third-order valence-corrected chi connectivity index (χ3v) is 1.04. The van der Waals surface area contributed by atoms with Crippen LogP contribution in [-0.4, -0.2) is 21.8 Å². The second-order valence-electron chi connectivity index (χ2n) is 1.79. The minimum absolute atomic E-state index is 0. The predicted octanol–water partition coefficient (Wildman–Crippen LogP) is -2.86. The average molecular weight is 180 g/mol. The molecule has 0 spiro atoms. The van der Waals surface area contributed by atoms with Gasteiger partial charge in [0.2, 0.25) is 11.6 Å². The van der Waals surface area contributed by atoms with E-state index in [4.69, 9.17) is 10.2 Å². The van der Waals surface area contributed by atoms with E-state index in [0.29, 0.717) is 12.2 Å². The molecular formula is C6H5KO4. The number of ketones is 2. The maximum atomic E-state index is 10.4. The van der Waals surface area contributed by atoms with Crippen LogP contribution in [0.15, 0.2) is 23.7 Å². The maximum Gasteiger partial charge on any atom is 1.00 e. The Bertz CT molecular complexity index is 241. The van der Waals surface area contributed by atoms with Gasteiger partial charge in [0.15, 0.2) is 11.5 Å². The van der Waals surface area contributed by atoms with Crippen LogP contribution in [0, 0.1) is 0 Å². The monoisotopic (exact) mass is 180 g/mol. The van der Waals surface area contributed by atoms with E-state index in [9.17, 15) is 9.59 Å². The molecule has 5 heteroatoms. The van der Waals surface area contributed by atoms with Crippen molar-refractivity contribution in [3.63, 3.8) is 0 Å². The van der Waals surface area contributed by atoms with Crippen molar-refractivity contribution < 1.29 is 72.6 Å². The van der Waals surface area contributed by atoms with E-state index in [1.165, 1.54) is 0 Å². The van der Waals surface area contributed by atoms with Gasteiger partial charge < -0.3 is 11.6 Å². The number of carbonyl (C=O) groups is 2. The molecule has 2 N–H and O–H groups in total. The Balaban J connectivity index is 0. The molecule has 11 heavy (non-hydrogen) atoms. The van der Waals surface area contributed by atoms with E-state index in [0.717, 1.165) is 0 Å². The molecular weight excluding hydrogens is 175 g/mol. The summed E-state index contributed by atoms with van der Waals surface area (Å²) in [6.07, 6.45) is 1.36. The quantitative estimate of drug-likeness (QED) is 0.310. The summed E-state index contributed by atoms with van der Waals surface area (Å²) in [5, 5.41) is 17.2. The van der Waals surface area contributed by atoms with Crippen LogP contribution in [0.4, 0.5) is 0 Å². The van der Waals surface area contributed by atoms with Gasteiger partial charge in [-0.2, -0.15) is 0 Å². The molecule has 0 radical (unpaired) electrons. The van der Waals surface area contributed by atoms with Crippen LogP contribution in [-0.2, 0) is 9.59 Å². The fraction of sp³-hybridized carbons (Fsp3) is 0. The van der Waals surface area contributed by atoms with Crippen molar-refractivity contribution in [2.75, 3.05) is 0 Å². The van der Waals surface area contributed by atoms with Crippen LogP contribution < -0.4 is 51.4 Å². The van der Waals surface area contributed by atoms with Crippen LogP contribution in [0.3, 0.4) is 0 Å². The number of allylic oxidation sites excluding steroid dienone is 2. The molecule has 0 saturated heterocycles. The summed E-state index contributed by atoms with van der Waals surface area (Å²) in [4.78, 5) is 20.9. The van der Waals surface area contributed by atoms with Gasteiger partial charge in [0, 0.05) is 12.2 Å². The number of hydrogen-bond donors (Lipinski definition) is 2. The SMILES string of the molecule is O=C1C=C(O)C(=O)C=C1O.[H-].[K+]. The molecule has 1 aliphatic carbocycles. The van der Waals surface area contributed by atoms with Gasteiger partial charge >= 0.3 is 51.4 Å². The van der Waals surface area contributed by atoms with Gasteiger partial charge in [0.1, 0.15) is 0 Å².